The van der Waals surface area contributed by atoms with Crippen LogP contribution in [0, 0.1) is 11.3 Å². The maximum atomic E-state index is 5.98. The summed E-state index contributed by atoms with van der Waals surface area (Å²) < 4.78 is 9.04. The highest BCUT2D eigenvalue weighted by Gasteiger charge is 2.66. The molecule has 0 bridgehead atoms. The maximum Gasteiger partial charge on any atom is 0.0690 e. The predicted octanol–water partition coefficient (Wildman–Crippen LogP) is 2.58. The Morgan fingerprint density at radius 2 is 2.45 bits per heavy atom. The van der Waals surface area contributed by atoms with Crippen LogP contribution in [-0.2, 0) is 11.3 Å². The SMILES string of the molecule is C[C@H](Cn1cc(Br)cn1)N[C@@H]1[C@H]2CCO[C@@H]2C12CCC2. The van der Waals surface area contributed by atoms with E-state index in [2.05, 4.69) is 33.3 Å². The Balaban J connectivity index is 1.40. The smallest absolute Gasteiger partial charge is 0.0690 e. The molecule has 2 heterocycles. The third-order valence-corrected chi connectivity index (χ3v) is 5.97. The largest absolute Gasteiger partial charge is 0.377 e. The number of nitrogens with zero attached hydrogens (tertiary/aromatic N) is 2. The molecule has 0 unspecified atom stereocenters. The number of nitrogens with one attached hydrogen (secondary N) is 1. The third kappa shape index (κ3) is 1.90. The fraction of sp³-hybridized carbons (Fsp3) is 0.800. The van der Waals surface area contributed by atoms with Gasteiger partial charge < -0.3 is 10.1 Å². The molecule has 2 saturated carbocycles. The van der Waals surface area contributed by atoms with E-state index in [1.54, 1.807) is 0 Å². The standard InChI is InChI=1S/C15H22BrN3O/c1-10(8-19-9-11(16)7-17-19)18-13-12-3-6-20-14(12)15(13)4-2-5-15/h7,9-10,12-14,18H,2-6,8H2,1H3/t10-,12-,13-,14+/m1/s1. The van der Waals surface area contributed by atoms with E-state index in [1.165, 1.54) is 25.7 Å². The van der Waals surface area contributed by atoms with Gasteiger partial charge in [-0.3, -0.25) is 4.68 Å². The number of ether oxygens (including phenoxy) is 1. The van der Waals surface area contributed by atoms with E-state index in [0.29, 0.717) is 23.6 Å². The second-order valence-corrected chi connectivity index (χ2v) is 7.67. The van der Waals surface area contributed by atoms with Gasteiger partial charge in [-0.15, -0.1) is 0 Å². The van der Waals surface area contributed by atoms with Crippen molar-refractivity contribution < 1.29 is 4.74 Å². The molecule has 1 spiro atoms. The zero-order valence-corrected chi connectivity index (χ0v) is 13.5. The average molecular weight is 340 g/mol. The second kappa shape index (κ2) is 4.82. The molecular weight excluding hydrogens is 318 g/mol. The highest BCUT2D eigenvalue weighted by Crippen LogP contribution is 2.62. The van der Waals surface area contributed by atoms with Crippen LogP contribution < -0.4 is 5.32 Å². The molecule has 1 aromatic rings. The Kier molecular flexibility index (Phi) is 3.20. The molecule has 3 fully saturated rings. The van der Waals surface area contributed by atoms with Gasteiger partial charge in [-0.05, 0) is 42.1 Å². The number of hydrogen-bond acceptors (Lipinski definition) is 3. The number of hydrogen-bond donors (Lipinski definition) is 1. The molecular formula is C15H22BrN3O. The molecule has 1 aromatic heterocycles. The van der Waals surface area contributed by atoms with Crippen LogP contribution in [0.5, 0.6) is 0 Å². The molecule has 4 atom stereocenters. The highest BCUT2D eigenvalue weighted by molar-refractivity contribution is 9.10. The van der Waals surface area contributed by atoms with Crippen molar-refractivity contribution >= 4 is 15.9 Å². The predicted molar refractivity (Wildman–Crippen MR) is 80.4 cm³/mol. The first kappa shape index (κ1) is 13.3. The lowest BCUT2D eigenvalue weighted by atomic mass is 9.46. The van der Waals surface area contributed by atoms with E-state index in [9.17, 15) is 0 Å². The van der Waals surface area contributed by atoms with E-state index < -0.39 is 0 Å². The molecule has 5 heteroatoms. The van der Waals surface area contributed by atoms with Gasteiger partial charge in [0.2, 0.25) is 0 Å². The first-order chi connectivity index (χ1) is 9.69. The Morgan fingerprint density at radius 1 is 1.60 bits per heavy atom. The molecule has 0 amide bonds. The fourth-order valence-electron chi connectivity index (χ4n) is 4.57. The van der Waals surface area contributed by atoms with E-state index >= 15 is 0 Å². The molecule has 0 radical (unpaired) electrons. The van der Waals surface area contributed by atoms with Crippen molar-refractivity contribution in [1.82, 2.24) is 15.1 Å². The van der Waals surface area contributed by atoms with E-state index in [0.717, 1.165) is 23.5 Å². The van der Waals surface area contributed by atoms with E-state index in [4.69, 9.17) is 4.74 Å². The van der Waals surface area contributed by atoms with Crippen LogP contribution in [0.2, 0.25) is 0 Å². The Labute approximate surface area is 128 Å². The Hall–Kier alpha value is -0.390. The van der Waals surface area contributed by atoms with Crippen molar-refractivity contribution in [2.45, 2.75) is 57.3 Å². The summed E-state index contributed by atoms with van der Waals surface area (Å²) in [4.78, 5) is 0. The van der Waals surface area contributed by atoms with Crippen LogP contribution in [0.25, 0.3) is 0 Å². The molecule has 110 valence electrons. The molecule has 4 nitrogen and oxygen atoms in total. The molecule has 0 aromatic carbocycles. The summed E-state index contributed by atoms with van der Waals surface area (Å²) in [5.41, 5.74) is 0.472. The summed E-state index contributed by atoms with van der Waals surface area (Å²) in [7, 11) is 0. The summed E-state index contributed by atoms with van der Waals surface area (Å²) in [6, 6.07) is 1.11. The fourth-order valence-corrected chi connectivity index (χ4v) is 4.90. The number of fused-ring (bicyclic) bond motifs is 2. The lowest BCUT2D eigenvalue weighted by molar-refractivity contribution is -0.178. The molecule has 20 heavy (non-hydrogen) atoms. The molecule has 1 aliphatic heterocycles. The van der Waals surface area contributed by atoms with Crippen molar-refractivity contribution in [2.75, 3.05) is 6.61 Å². The van der Waals surface area contributed by atoms with Crippen molar-refractivity contribution in [3.63, 3.8) is 0 Å². The van der Waals surface area contributed by atoms with E-state index in [1.807, 2.05) is 17.1 Å². The normalized spacial score (nSPS) is 35.4. The first-order valence-electron chi connectivity index (χ1n) is 7.75. The minimum absolute atomic E-state index is 0.450. The van der Waals surface area contributed by atoms with Gasteiger partial charge in [0.05, 0.1) is 23.3 Å². The van der Waals surface area contributed by atoms with Crippen molar-refractivity contribution in [1.29, 1.82) is 0 Å². The number of halogens is 1. The van der Waals surface area contributed by atoms with Crippen molar-refractivity contribution in [3.8, 4) is 0 Å². The highest BCUT2D eigenvalue weighted by atomic mass is 79.9. The van der Waals surface area contributed by atoms with Crippen LogP contribution in [0.1, 0.15) is 32.6 Å². The van der Waals surface area contributed by atoms with Crippen molar-refractivity contribution in [3.05, 3.63) is 16.9 Å². The average Bonchev–Trinajstić information content (AvgIpc) is 2.92. The minimum Gasteiger partial charge on any atom is -0.377 e. The van der Waals surface area contributed by atoms with Crippen molar-refractivity contribution in [2.24, 2.45) is 11.3 Å². The summed E-state index contributed by atoms with van der Waals surface area (Å²) in [5, 5.41) is 8.23. The van der Waals surface area contributed by atoms with Gasteiger partial charge in [-0.2, -0.15) is 5.10 Å². The summed E-state index contributed by atoms with van der Waals surface area (Å²) in [6.07, 6.45) is 9.77. The van der Waals surface area contributed by atoms with Gasteiger partial charge in [-0.1, -0.05) is 6.42 Å². The zero-order valence-electron chi connectivity index (χ0n) is 11.9. The topological polar surface area (TPSA) is 39.1 Å². The van der Waals surface area contributed by atoms with Crippen LogP contribution >= 0.6 is 15.9 Å². The lowest BCUT2D eigenvalue weighted by Gasteiger charge is -2.64. The van der Waals surface area contributed by atoms with Gasteiger partial charge in [0.15, 0.2) is 0 Å². The molecule has 1 N–H and O–H groups in total. The second-order valence-electron chi connectivity index (χ2n) is 6.76. The monoisotopic (exact) mass is 339 g/mol. The van der Waals surface area contributed by atoms with Crippen LogP contribution in [0.15, 0.2) is 16.9 Å². The summed E-state index contributed by atoms with van der Waals surface area (Å²) in [6.45, 7) is 4.16. The molecule has 4 rings (SSSR count). The van der Waals surface area contributed by atoms with Crippen LogP contribution in [-0.4, -0.2) is 34.6 Å². The minimum atomic E-state index is 0.450. The van der Waals surface area contributed by atoms with Gasteiger partial charge in [0.25, 0.3) is 0 Å². The van der Waals surface area contributed by atoms with Gasteiger partial charge in [0, 0.05) is 36.2 Å². The lowest BCUT2D eigenvalue weighted by Crippen LogP contribution is -2.72. The Bertz CT molecular complexity index is 499. The molecule has 1 saturated heterocycles. The zero-order chi connectivity index (χ0) is 13.7. The van der Waals surface area contributed by atoms with Gasteiger partial charge in [-0.25, -0.2) is 0 Å². The van der Waals surface area contributed by atoms with Crippen LogP contribution in [0.4, 0.5) is 0 Å². The van der Waals surface area contributed by atoms with Gasteiger partial charge >= 0.3 is 0 Å². The maximum absolute atomic E-state index is 5.98. The molecule has 2 aliphatic carbocycles. The van der Waals surface area contributed by atoms with Gasteiger partial charge in [0.1, 0.15) is 0 Å². The van der Waals surface area contributed by atoms with E-state index in [-0.39, 0.29) is 0 Å². The number of rotatable bonds is 4. The number of aromatic nitrogens is 2. The van der Waals surface area contributed by atoms with Crippen LogP contribution in [0.3, 0.4) is 0 Å². The summed E-state index contributed by atoms with van der Waals surface area (Å²) >= 11 is 3.45. The molecule has 3 aliphatic rings. The Morgan fingerprint density at radius 3 is 3.10 bits per heavy atom. The summed E-state index contributed by atoms with van der Waals surface area (Å²) in [5.74, 6) is 0.752. The quantitative estimate of drug-likeness (QED) is 0.916. The third-order valence-electron chi connectivity index (χ3n) is 5.56. The first-order valence-corrected chi connectivity index (χ1v) is 8.54.